The second kappa shape index (κ2) is 13.3. The van der Waals surface area contributed by atoms with Gasteiger partial charge in [-0.1, -0.05) is 0 Å². The molecule has 120 valence electrons. The van der Waals surface area contributed by atoms with E-state index in [9.17, 15) is 4.79 Å². The van der Waals surface area contributed by atoms with Crippen LogP contribution in [-0.2, 0) is 9.53 Å². The van der Waals surface area contributed by atoms with Crippen LogP contribution >= 0.6 is 0 Å². The molecule has 0 aliphatic rings. The van der Waals surface area contributed by atoms with Gasteiger partial charge in [-0.3, -0.25) is 4.79 Å². The van der Waals surface area contributed by atoms with Crippen LogP contribution in [0.2, 0.25) is 0 Å². The van der Waals surface area contributed by atoms with E-state index in [2.05, 4.69) is 0 Å². The molecule has 2 N–H and O–H groups in total. The fourth-order valence-corrected chi connectivity index (χ4v) is 2.01. The predicted molar refractivity (Wildman–Crippen MR) is 79.5 cm³/mol. The van der Waals surface area contributed by atoms with Crippen LogP contribution in [0.1, 0.15) is 51.4 Å². The van der Waals surface area contributed by atoms with E-state index in [0.717, 1.165) is 51.5 Å². The first kappa shape index (κ1) is 19.4. The Hall–Kier alpha value is -0.650. The Labute approximate surface area is 122 Å². The van der Waals surface area contributed by atoms with Crippen molar-refractivity contribution in [3.05, 3.63) is 0 Å². The van der Waals surface area contributed by atoms with Crippen LogP contribution < -0.4 is 0 Å². The number of hydrogen-bond acceptors (Lipinski definition) is 5. The summed E-state index contributed by atoms with van der Waals surface area (Å²) in [5.74, 6) is -0.134. The molecule has 5 heteroatoms. The quantitative estimate of drug-likeness (QED) is 0.398. The predicted octanol–water partition coefficient (Wildman–Crippen LogP) is 1.57. The van der Waals surface area contributed by atoms with E-state index in [1.54, 1.807) is 0 Å². The zero-order valence-electron chi connectivity index (χ0n) is 13.0. The summed E-state index contributed by atoms with van der Waals surface area (Å²) in [6.45, 7) is 1.25. The number of carbonyl (C=O) groups excluding carboxylic acids is 1. The first-order chi connectivity index (χ1) is 9.60. The Kier molecular flexibility index (Phi) is 12.9. The molecular formula is C15H31NO4. The van der Waals surface area contributed by atoms with Gasteiger partial charge in [-0.05, 0) is 65.6 Å². The molecule has 0 saturated heterocycles. The zero-order chi connectivity index (χ0) is 15.2. The lowest BCUT2D eigenvalue weighted by atomic mass is 10.1. The van der Waals surface area contributed by atoms with E-state index in [4.69, 9.17) is 14.9 Å². The maximum Gasteiger partial charge on any atom is 0.306 e. The summed E-state index contributed by atoms with van der Waals surface area (Å²) in [5, 5.41) is 17.6. The second-order valence-corrected chi connectivity index (χ2v) is 5.46. The van der Waals surface area contributed by atoms with Crippen LogP contribution in [0.15, 0.2) is 0 Å². The van der Waals surface area contributed by atoms with Crippen LogP contribution in [0.5, 0.6) is 0 Å². The zero-order valence-corrected chi connectivity index (χ0v) is 13.0. The van der Waals surface area contributed by atoms with Crippen LogP contribution in [0, 0.1) is 0 Å². The van der Waals surface area contributed by atoms with Gasteiger partial charge in [0, 0.05) is 19.6 Å². The van der Waals surface area contributed by atoms with Gasteiger partial charge < -0.3 is 19.8 Å². The number of ether oxygens (including phenoxy) is 1. The SMILES string of the molecule is CN(C)CCCC(=O)OC(CCCCO)CCCCO. The molecule has 5 nitrogen and oxygen atoms in total. The summed E-state index contributed by atoms with van der Waals surface area (Å²) in [4.78, 5) is 13.8. The third kappa shape index (κ3) is 12.4. The summed E-state index contributed by atoms with van der Waals surface area (Å²) >= 11 is 0. The van der Waals surface area contributed by atoms with Gasteiger partial charge in [-0.25, -0.2) is 0 Å². The van der Waals surface area contributed by atoms with E-state index < -0.39 is 0 Å². The Morgan fingerprint density at radius 3 is 2.00 bits per heavy atom. The van der Waals surface area contributed by atoms with Crippen molar-refractivity contribution in [2.24, 2.45) is 0 Å². The molecule has 0 aliphatic carbocycles. The number of nitrogens with zero attached hydrogens (tertiary/aromatic N) is 1. The normalized spacial score (nSPS) is 11.3. The summed E-state index contributed by atoms with van der Waals surface area (Å²) < 4.78 is 5.50. The van der Waals surface area contributed by atoms with Gasteiger partial charge in [0.15, 0.2) is 0 Å². The number of unbranched alkanes of at least 4 members (excludes halogenated alkanes) is 2. The average molecular weight is 289 g/mol. The average Bonchev–Trinajstić information content (AvgIpc) is 2.38. The van der Waals surface area contributed by atoms with E-state index in [1.807, 2.05) is 19.0 Å². The number of rotatable bonds is 13. The standard InChI is InChI=1S/C15H31NO4/c1-16(2)11-7-10-15(19)20-14(8-3-5-12-17)9-4-6-13-18/h14,17-18H,3-13H2,1-2H3. The minimum Gasteiger partial charge on any atom is -0.462 e. The van der Waals surface area contributed by atoms with E-state index >= 15 is 0 Å². The summed E-state index contributed by atoms with van der Waals surface area (Å²) in [6, 6.07) is 0. The highest BCUT2D eigenvalue weighted by Crippen LogP contribution is 2.14. The Morgan fingerprint density at radius 2 is 1.55 bits per heavy atom. The van der Waals surface area contributed by atoms with E-state index in [-0.39, 0.29) is 25.3 Å². The van der Waals surface area contributed by atoms with Gasteiger partial charge in [-0.2, -0.15) is 0 Å². The molecule has 0 aromatic heterocycles. The molecule has 0 radical (unpaired) electrons. The van der Waals surface area contributed by atoms with Crippen molar-refractivity contribution in [3.8, 4) is 0 Å². The Balaban J connectivity index is 3.94. The van der Waals surface area contributed by atoms with Crippen molar-refractivity contribution in [2.75, 3.05) is 33.9 Å². The Bertz CT molecular complexity index is 224. The van der Waals surface area contributed by atoms with Gasteiger partial charge in [0.25, 0.3) is 0 Å². The molecule has 0 saturated carbocycles. The van der Waals surface area contributed by atoms with Gasteiger partial charge in [-0.15, -0.1) is 0 Å². The monoisotopic (exact) mass is 289 g/mol. The number of hydrogen-bond donors (Lipinski definition) is 2. The first-order valence-corrected chi connectivity index (χ1v) is 7.66. The minimum absolute atomic E-state index is 0.0695. The molecule has 0 spiro atoms. The number of carbonyl (C=O) groups is 1. The van der Waals surface area contributed by atoms with E-state index in [0.29, 0.717) is 6.42 Å². The first-order valence-electron chi connectivity index (χ1n) is 7.66. The summed E-state index contributed by atoms with van der Waals surface area (Å²) in [7, 11) is 3.97. The van der Waals surface area contributed by atoms with E-state index in [1.165, 1.54) is 0 Å². The van der Waals surface area contributed by atoms with Crippen molar-refractivity contribution in [1.29, 1.82) is 0 Å². The third-order valence-electron chi connectivity index (χ3n) is 3.15. The van der Waals surface area contributed by atoms with Crippen LogP contribution in [0.25, 0.3) is 0 Å². The van der Waals surface area contributed by atoms with Gasteiger partial charge in [0.1, 0.15) is 6.10 Å². The molecule has 0 atom stereocenters. The second-order valence-electron chi connectivity index (χ2n) is 5.46. The molecule has 0 heterocycles. The van der Waals surface area contributed by atoms with Gasteiger partial charge in [0.2, 0.25) is 0 Å². The lowest BCUT2D eigenvalue weighted by Gasteiger charge is -2.18. The fraction of sp³-hybridized carbons (Fsp3) is 0.933. The van der Waals surface area contributed by atoms with Crippen molar-refractivity contribution < 1.29 is 19.7 Å². The van der Waals surface area contributed by atoms with Crippen molar-refractivity contribution in [1.82, 2.24) is 4.90 Å². The number of aliphatic hydroxyl groups excluding tert-OH is 2. The topological polar surface area (TPSA) is 70.0 Å². The van der Waals surface area contributed by atoms with Crippen LogP contribution in [0.4, 0.5) is 0 Å². The molecule has 0 unspecified atom stereocenters. The maximum absolute atomic E-state index is 11.8. The highest BCUT2D eigenvalue weighted by Gasteiger charge is 2.14. The largest absolute Gasteiger partial charge is 0.462 e. The molecule has 0 aliphatic heterocycles. The Morgan fingerprint density at radius 1 is 1.00 bits per heavy atom. The number of aliphatic hydroxyl groups is 2. The smallest absolute Gasteiger partial charge is 0.306 e. The fourth-order valence-electron chi connectivity index (χ4n) is 2.01. The molecule has 0 aromatic carbocycles. The lowest BCUT2D eigenvalue weighted by molar-refractivity contribution is -0.150. The molecule has 0 rings (SSSR count). The van der Waals surface area contributed by atoms with Gasteiger partial charge in [0.05, 0.1) is 0 Å². The highest BCUT2D eigenvalue weighted by atomic mass is 16.5. The van der Waals surface area contributed by atoms with Crippen LogP contribution in [0.3, 0.4) is 0 Å². The molecule has 0 fully saturated rings. The third-order valence-corrected chi connectivity index (χ3v) is 3.15. The van der Waals surface area contributed by atoms with Crippen LogP contribution in [-0.4, -0.2) is 61.0 Å². The molecule has 20 heavy (non-hydrogen) atoms. The van der Waals surface area contributed by atoms with Crippen molar-refractivity contribution >= 4 is 5.97 Å². The molecular weight excluding hydrogens is 258 g/mol. The highest BCUT2D eigenvalue weighted by molar-refractivity contribution is 5.69. The molecule has 0 bridgehead atoms. The lowest BCUT2D eigenvalue weighted by Crippen LogP contribution is -2.20. The summed E-state index contributed by atoms with van der Waals surface area (Å²) in [5.41, 5.74) is 0. The molecule has 0 amide bonds. The van der Waals surface area contributed by atoms with Crippen molar-refractivity contribution in [3.63, 3.8) is 0 Å². The number of esters is 1. The van der Waals surface area contributed by atoms with Crippen molar-refractivity contribution in [2.45, 2.75) is 57.5 Å². The summed E-state index contributed by atoms with van der Waals surface area (Å²) in [6.07, 6.45) is 6.01. The van der Waals surface area contributed by atoms with Gasteiger partial charge >= 0.3 is 5.97 Å². The molecule has 0 aromatic rings. The minimum atomic E-state index is -0.134. The maximum atomic E-state index is 11.8.